The fraction of sp³-hybridized carbons (Fsp3) is 0.375. The molecule has 4 heteroatoms. The monoisotopic (exact) mass is 307 g/mol. The minimum atomic E-state index is 0.0357. The van der Waals surface area contributed by atoms with Crippen molar-refractivity contribution in [3.8, 4) is 0 Å². The molecule has 106 valence electrons. The maximum atomic E-state index is 12.1. The number of Topliss-reactive ketones (excluding diaryl/α,β-unsaturated/α-hetero) is 1. The topological polar surface area (TPSA) is 30.0 Å². The van der Waals surface area contributed by atoms with Crippen molar-refractivity contribution in [1.29, 1.82) is 0 Å². The summed E-state index contributed by atoms with van der Waals surface area (Å²) in [6.45, 7) is 6.38. The Morgan fingerprint density at radius 1 is 1.20 bits per heavy atom. The van der Waals surface area contributed by atoms with Gasteiger partial charge in [0.25, 0.3) is 0 Å². The van der Waals surface area contributed by atoms with Crippen molar-refractivity contribution in [3.63, 3.8) is 0 Å². The lowest BCUT2D eigenvalue weighted by Gasteiger charge is -2.14. The molecule has 0 aliphatic carbocycles. The third-order valence-corrected chi connectivity index (χ3v) is 4.08. The van der Waals surface area contributed by atoms with Gasteiger partial charge in [-0.3, -0.25) is 4.79 Å². The van der Waals surface area contributed by atoms with Crippen LogP contribution >= 0.6 is 22.9 Å². The van der Waals surface area contributed by atoms with Gasteiger partial charge in [0, 0.05) is 22.2 Å². The Hall–Kier alpha value is -1.19. The number of hydrogen-bond acceptors (Lipinski definition) is 3. The highest BCUT2D eigenvalue weighted by Crippen LogP contribution is 2.24. The molecule has 2 nitrogen and oxygen atoms in total. The Morgan fingerprint density at radius 2 is 1.85 bits per heavy atom. The summed E-state index contributed by atoms with van der Waals surface area (Å²) in [6.07, 6.45) is 0.838. The predicted molar refractivity (Wildman–Crippen MR) is 84.7 cm³/mol. The van der Waals surface area contributed by atoms with Crippen LogP contribution in [0.15, 0.2) is 29.6 Å². The van der Waals surface area contributed by atoms with Crippen molar-refractivity contribution in [2.24, 2.45) is 0 Å². The first kappa shape index (κ1) is 15.2. The van der Waals surface area contributed by atoms with Gasteiger partial charge in [-0.15, -0.1) is 11.3 Å². The lowest BCUT2D eigenvalue weighted by molar-refractivity contribution is -0.117. The average molecular weight is 308 g/mol. The Labute approximate surface area is 128 Å². The van der Waals surface area contributed by atoms with E-state index in [4.69, 9.17) is 11.6 Å². The van der Waals surface area contributed by atoms with Gasteiger partial charge in [0.05, 0.1) is 12.1 Å². The number of thiazole rings is 1. The Balaban J connectivity index is 1.98. The number of ketones is 1. The Morgan fingerprint density at radius 3 is 2.40 bits per heavy atom. The molecule has 1 aromatic heterocycles. The number of nitrogens with zero attached hydrogens (tertiary/aromatic N) is 1. The molecule has 0 unspecified atom stereocenters. The highest BCUT2D eigenvalue weighted by molar-refractivity contribution is 7.09. The van der Waals surface area contributed by atoms with Crippen LogP contribution in [0.1, 0.15) is 37.0 Å². The summed E-state index contributed by atoms with van der Waals surface area (Å²) in [5, 5.41) is 3.63. The molecule has 2 aromatic rings. The second-order valence-corrected chi connectivity index (χ2v) is 7.27. The lowest BCUT2D eigenvalue weighted by Crippen LogP contribution is -2.12. The normalized spacial score (nSPS) is 11.6. The second-order valence-electron chi connectivity index (χ2n) is 5.90. The van der Waals surface area contributed by atoms with Gasteiger partial charge in [0.1, 0.15) is 10.8 Å². The highest BCUT2D eigenvalue weighted by atomic mass is 35.5. The van der Waals surface area contributed by atoms with Gasteiger partial charge in [-0.05, 0) is 17.7 Å². The molecule has 0 fully saturated rings. The number of carbonyl (C=O) groups is 1. The third kappa shape index (κ3) is 4.15. The number of carbonyl (C=O) groups excluding carboxylic acids is 1. The maximum absolute atomic E-state index is 12.1. The standard InChI is InChI=1S/C16H18ClNOS/c1-16(2,3)14-10-20-15(18-14)9-13(19)8-11-4-6-12(17)7-5-11/h4-7,10H,8-9H2,1-3H3. The van der Waals surface area contributed by atoms with Crippen molar-refractivity contribution >= 4 is 28.7 Å². The highest BCUT2D eigenvalue weighted by Gasteiger charge is 2.18. The third-order valence-electron chi connectivity index (χ3n) is 2.98. The van der Waals surface area contributed by atoms with Crippen molar-refractivity contribution in [2.45, 2.75) is 39.0 Å². The number of aromatic nitrogens is 1. The first-order chi connectivity index (χ1) is 9.34. The minimum Gasteiger partial charge on any atom is -0.299 e. The van der Waals surface area contributed by atoms with Crippen molar-refractivity contribution in [2.75, 3.05) is 0 Å². The number of halogens is 1. The minimum absolute atomic E-state index is 0.0357. The molecule has 0 amide bonds. The fourth-order valence-corrected chi connectivity index (χ4v) is 2.97. The summed E-state index contributed by atoms with van der Waals surface area (Å²) < 4.78 is 0. The van der Waals surface area contributed by atoms with Crippen LogP contribution in [-0.2, 0) is 23.1 Å². The largest absolute Gasteiger partial charge is 0.299 e. The predicted octanol–water partition coefficient (Wildman–Crippen LogP) is 4.45. The van der Waals surface area contributed by atoms with E-state index in [2.05, 4.69) is 25.8 Å². The molecular weight excluding hydrogens is 290 g/mol. The van der Waals surface area contributed by atoms with Crippen LogP contribution in [0.2, 0.25) is 5.02 Å². The van der Waals surface area contributed by atoms with Crippen LogP contribution in [0.3, 0.4) is 0 Å². The molecule has 0 atom stereocenters. The number of benzene rings is 1. The van der Waals surface area contributed by atoms with E-state index in [-0.39, 0.29) is 11.2 Å². The molecule has 1 heterocycles. The van der Waals surface area contributed by atoms with E-state index in [9.17, 15) is 4.79 Å². The molecule has 0 saturated heterocycles. The van der Waals surface area contributed by atoms with Crippen LogP contribution < -0.4 is 0 Å². The first-order valence-corrected chi connectivity index (χ1v) is 7.81. The molecule has 20 heavy (non-hydrogen) atoms. The van der Waals surface area contributed by atoms with Crippen LogP contribution in [0.25, 0.3) is 0 Å². The Kier molecular flexibility index (Phi) is 4.61. The van der Waals surface area contributed by atoms with Gasteiger partial charge in [-0.1, -0.05) is 44.5 Å². The van der Waals surface area contributed by atoms with Gasteiger partial charge in [0.2, 0.25) is 0 Å². The summed E-state index contributed by atoms with van der Waals surface area (Å²) in [5.74, 6) is 0.183. The van der Waals surface area contributed by atoms with Gasteiger partial charge in [-0.2, -0.15) is 0 Å². The zero-order chi connectivity index (χ0) is 14.8. The SMILES string of the molecule is CC(C)(C)c1csc(CC(=O)Cc2ccc(Cl)cc2)n1. The van der Waals surface area contributed by atoms with E-state index in [1.807, 2.05) is 29.6 Å². The molecule has 0 radical (unpaired) electrons. The molecule has 0 saturated carbocycles. The van der Waals surface area contributed by atoms with Crippen molar-refractivity contribution < 1.29 is 4.79 Å². The van der Waals surface area contributed by atoms with Crippen LogP contribution in [-0.4, -0.2) is 10.8 Å². The number of hydrogen-bond donors (Lipinski definition) is 0. The summed E-state index contributed by atoms with van der Waals surface area (Å²) in [4.78, 5) is 16.6. The summed E-state index contributed by atoms with van der Waals surface area (Å²) in [7, 11) is 0. The van der Waals surface area contributed by atoms with Crippen LogP contribution in [0.5, 0.6) is 0 Å². The van der Waals surface area contributed by atoms with Gasteiger partial charge in [0.15, 0.2) is 0 Å². The molecule has 0 aliphatic heterocycles. The lowest BCUT2D eigenvalue weighted by atomic mass is 9.93. The summed E-state index contributed by atoms with van der Waals surface area (Å²) >= 11 is 7.39. The molecular formula is C16H18ClNOS. The first-order valence-electron chi connectivity index (χ1n) is 6.55. The second kappa shape index (κ2) is 6.06. The number of rotatable bonds is 4. The molecule has 0 bridgehead atoms. The molecule has 1 aromatic carbocycles. The molecule has 0 spiro atoms. The zero-order valence-electron chi connectivity index (χ0n) is 11.9. The van der Waals surface area contributed by atoms with E-state index in [1.165, 1.54) is 0 Å². The van der Waals surface area contributed by atoms with E-state index in [1.54, 1.807) is 11.3 Å². The summed E-state index contributed by atoms with van der Waals surface area (Å²) in [5.41, 5.74) is 2.08. The Bertz CT molecular complexity index is 596. The van der Waals surface area contributed by atoms with Gasteiger partial charge in [-0.25, -0.2) is 4.98 Å². The quantitative estimate of drug-likeness (QED) is 0.835. The zero-order valence-corrected chi connectivity index (χ0v) is 13.5. The van der Waals surface area contributed by atoms with E-state index in [0.717, 1.165) is 16.3 Å². The van der Waals surface area contributed by atoms with Crippen molar-refractivity contribution in [1.82, 2.24) is 4.98 Å². The molecule has 0 N–H and O–H groups in total. The van der Waals surface area contributed by atoms with Crippen molar-refractivity contribution in [3.05, 3.63) is 50.9 Å². The van der Waals surface area contributed by atoms with Crippen LogP contribution in [0, 0.1) is 0 Å². The van der Waals surface area contributed by atoms with E-state index < -0.39 is 0 Å². The summed E-state index contributed by atoms with van der Waals surface area (Å²) in [6, 6.07) is 7.40. The molecule has 0 aliphatic rings. The fourth-order valence-electron chi connectivity index (χ4n) is 1.80. The van der Waals surface area contributed by atoms with Gasteiger partial charge < -0.3 is 0 Å². The van der Waals surface area contributed by atoms with E-state index >= 15 is 0 Å². The maximum Gasteiger partial charge on any atom is 0.144 e. The smallest absolute Gasteiger partial charge is 0.144 e. The van der Waals surface area contributed by atoms with Gasteiger partial charge >= 0.3 is 0 Å². The molecule has 2 rings (SSSR count). The average Bonchev–Trinajstić information content (AvgIpc) is 2.80. The van der Waals surface area contributed by atoms with E-state index in [0.29, 0.717) is 17.9 Å². The van der Waals surface area contributed by atoms with Crippen LogP contribution in [0.4, 0.5) is 0 Å².